The third kappa shape index (κ3) is 5.16. The predicted molar refractivity (Wildman–Crippen MR) is 115 cm³/mol. The summed E-state index contributed by atoms with van der Waals surface area (Å²) in [4.78, 5) is 31.7. The summed E-state index contributed by atoms with van der Waals surface area (Å²) in [7, 11) is 0. The number of hydrogen-bond donors (Lipinski definition) is 1. The summed E-state index contributed by atoms with van der Waals surface area (Å²) in [6.45, 7) is 6.23. The lowest BCUT2D eigenvalue weighted by Crippen LogP contribution is -2.53. The second-order valence-corrected chi connectivity index (χ2v) is 8.66. The lowest BCUT2D eigenvalue weighted by atomic mass is 10.1. The summed E-state index contributed by atoms with van der Waals surface area (Å²) in [5, 5.41) is 4.92. The number of nitrogens with zero attached hydrogens (tertiary/aromatic N) is 3. The highest BCUT2D eigenvalue weighted by Crippen LogP contribution is 2.15. The molecule has 0 spiro atoms. The lowest BCUT2D eigenvalue weighted by molar-refractivity contribution is 0.0669. The van der Waals surface area contributed by atoms with Gasteiger partial charge in [0.05, 0.1) is 4.88 Å². The third-order valence-corrected chi connectivity index (χ3v) is 6.52. The van der Waals surface area contributed by atoms with Crippen molar-refractivity contribution in [3.63, 3.8) is 0 Å². The standard InChI is InChI=1S/C22H28N4O2S/c27-21(20-4-3-15-29-20)25-11-13-26(14-12-25)22(28)23-16-18-5-7-19(8-6-18)17-24-9-1-2-10-24/h3-8,15H,1-2,9-14,16-17H2,(H,23,28). The van der Waals surface area contributed by atoms with Crippen molar-refractivity contribution in [2.45, 2.75) is 25.9 Å². The molecule has 7 heteroatoms. The van der Waals surface area contributed by atoms with Crippen LogP contribution in [0, 0.1) is 0 Å². The van der Waals surface area contributed by atoms with Gasteiger partial charge in [0.15, 0.2) is 0 Å². The van der Waals surface area contributed by atoms with Gasteiger partial charge >= 0.3 is 6.03 Å². The van der Waals surface area contributed by atoms with Crippen LogP contribution in [0.15, 0.2) is 41.8 Å². The van der Waals surface area contributed by atoms with E-state index in [9.17, 15) is 9.59 Å². The van der Waals surface area contributed by atoms with Crippen molar-refractivity contribution in [1.29, 1.82) is 0 Å². The molecular formula is C22H28N4O2S. The Kier molecular flexibility index (Phi) is 6.46. The number of thiophene rings is 1. The van der Waals surface area contributed by atoms with Crippen LogP contribution < -0.4 is 5.32 Å². The molecule has 4 rings (SSSR count). The Hall–Kier alpha value is -2.38. The Morgan fingerprint density at radius 1 is 0.862 bits per heavy atom. The van der Waals surface area contributed by atoms with Gasteiger partial charge in [0, 0.05) is 39.3 Å². The monoisotopic (exact) mass is 412 g/mol. The first-order valence-corrected chi connectivity index (χ1v) is 11.2. The molecule has 2 aliphatic heterocycles. The second-order valence-electron chi connectivity index (χ2n) is 7.72. The van der Waals surface area contributed by atoms with Crippen LogP contribution in [-0.4, -0.2) is 65.9 Å². The van der Waals surface area contributed by atoms with E-state index < -0.39 is 0 Å². The van der Waals surface area contributed by atoms with E-state index >= 15 is 0 Å². The first-order chi connectivity index (χ1) is 14.2. The molecule has 2 saturated heterocycles. The summed E-state index contributed by atoms with van der Waals surface area (Å²) < 4.78 is 0. The number of carbonyl (C=O) groups is 2. The van der Waals surface area contributed by atoms with E-state index in [0.717, 1.165) is 17.0 Å². The number of nitrogens with one attached hydrogen (secondary N) is 1. The maximum Gasteiger partial charge on any atom is 0.317 e. The third-order valence-electron chi connectivity index (χ3n) is 5.66. The zero-order chi connectivity index (χ0) is 20.1. The van der Waals surface area contributed by atoms with Crippen molar-refractivity contribution in [2.24, 2.45) is 0 Å². The van der Waals surface area contributed by atoms with Crippen molar-refractivity contribution in [1.82, 2.24) is 20.0 Å². The quantitative estimate of drug-likeness (QED) is 0.821. The molecular weight excluding hydrogens is 384 g/mol. The Morgan fingerprint density at radius 3 is 2.17 bits per heavy atom. The SMILES string of the molecule is O=C(NCc1ccc(CN2CCCC2)cc1)N1CCN(C(=O)c2cccs2)CC1. The minimum absolute atomic E-state index is 0.0608. The fourth-order valence-corrected chi connectivity index (χ4v) is 4.61. The van der Waals surface area contributed by atoms with Gasteiger partial charge in [0.2, 0.25) is 0 Å². The molecule has 0 aliphatic carbocycles. The Morgan fingerprint density at radius 2 is 1.52 bits per heavy atom. The van der Waals surface area contributed by atoms with Crippen molar-refractivity contribution >= 4 is 23.3 Å². The van der Waals surface area contributed by atoms with Crippen LogP contribution in [0.25, 0.3) is 0 Å². The summed E-state index contributed by atoms with van der Waals surface area (Å²) in [5.74, 6) is 0.0640. The highest BCUT2D eigenvalue weighted by molar-refractivity contribution is 7.12. The van der Waals surface area contributed by atoms with Gasteiger partial charge in [-0.25, -0.2) is 4.79 Å². The van der Waals surface area contributed by atoms with E-state index in [4.69, 9.17) is 0 Å². The molecule has 0 atom stereocenters. The molecule has 0 unspecified atom stereocenters. The van der Waals surface area contributed by atoms with E-state index in [2.05, 4.69) is 34.5 Å². The van der Waals surface area contributed by atoms with Crippen LogP contribution in [0.2, 0.25) is 0 Å². The summed E-state index contributed by atoms with van der Waals surface area (Å²) in [6, 6.07) is 12.2. The lowest BCUT2D eigenvalue weighted by Gasteiger charge is -2.34. The molecule has 2 fully saturated rings. The van der Waals surface area contributed by atoms with Gasteiger partial charge in [-0.1, -0.05) is 30.3 Å². The van der Waals surface area contributed by atoms with Crippen molar-refractivity contribution in [3.8, 4) is 0 Å². The molecule has 6 nitrogen and oxygen atoms in total. The van der Waals surface area contributed by atoms with Gasteiger partial charge in [0.25, 0.3) is 5.91 Å². The van der Waals surface area contributed by atoms with E-state index in [1.54, 1.807) is 4.90 Å². The zero-order valence-corrected chi connectivity index (χ0v) is 17.5. The maximum absolute atomic E-state index is 12.5. The van der Waals surface area contributed by atoms with Crippen LogP contribution in [0.4, 0.5) is 4.79 Å². The van der Waals surface area contributed by atoms with Crippen molar-refractivity contribution in [3.05, 3.63) is 57.8 Å². The Labute approximate surface area is 176 Å². The maximum atomic E-state index is 12.5. The van der Waals surface area contributed by atoms with Gasteiger partial charge in [0.1, 0.15) is 0 Å². The molecule has 1 aromatic heterocycles. The normalized spacial score (nSPS) is 17.5. The topological polar surface area (TPSA) is 55.9 Å². The fourth-order valence-electron chi connectivity index (χ4n) is 3.92. The molecule has 29 heavy (non-hydrogen) atoms. The van der Waals surface area contributed by atoms with Crippen LogP contribution in [0.1, 0.15) is 33.6 Å². The average molecular weight is 413 g/mol. The number of rotatable bonds is 5. The number of carbonyl (C=O) groups excluding carboxylic acids is 2. The second kappa shape index (κ2) is 9.41. The smallest absolute Gasteiger partial charge is 0.317 e. The van der Waals surface area contributed by atoms with Crippen molar-refractivity contribution in [2.75, 3.05) is 39.3 Å². The van der Waals surface area contributed by atoms with Gasteiger partial charge in [-0.05, 0) is 48.5 Å². The highest BCUT2D eigenvalue weighted by Gasteiger charge is 2.25. The minimum Gasteiger partial charge on any atom is -0.334 e. The molecule has 3 amide bonds. The van der Waals surface area contributed by atoms with E-state index in [1.165, 1.54) is 42.8 Å². The van der Waals surface area contributed by atoms with E-state index in [0.29, 0.717) is 32.7 Å². The Bertz CT molecular complexity index is 808. The molecule has 1 aromatic carbocycles. The van der Waals surface area contributed by atoms with Gasteiger partial charge in [-0.15, -0.1) is 11.3 Å². The minimum atomic E-state index is -0.0608. The van der Waals surface area contributed by atoms with Crippen LogP contribution in [-0.2, 0) is 13.1 Å². The van der Waals surface area contributed by atoms with Gasteiger partial charge < -0.3 is 15.1 Å². The summed E-state index contributed by atoms with van der Waals surface area (Å²) in [6.07, 6.45) is 2.61. The molecule has 154 valence electrons. The first kappa shape index (κ1) is 19.9. The number of amides is 3. The van der Waals surface area contributed by atoms with Crippen LogP contribution in [0.3, 0.4) is 0 Å². The molecule has 0 saturated carbocycles. The predicted octanol–water partition coefficient (Wildman–Crippen LogP) is 3.01. The van der Waals surface area contributed by atoms with Gasteiger partial charge in [-0.2, -0.15) is 0 Å². The molecule has 0 radical (unpaired) electrons. The summed E-state index contributed by atoms with van der Waals surface area (Å²) >= 11 is 1.46. The largest absolute Gasteiger partial charge is 0.334 e. The molecule has 2 aliphatic rings. The van der Waals surface area contributed by atoms with E-state index in [1.807, 2.05) is 22.4 Å². The van der Waals surface area contributed by atoms with Crippen molar-refractivity contribution < 1.29 is 9.59 Å². The number of benzene rings is 1. The van der Waals surface area contributed by atoms with Crippen LogP contribution in [0.5, 0.6) is 0 Å². The molecule has 0 bridgehead atoms. The van der Waals surface area contributed by atoms with Gasteiger partial charge in [-0.3, -0.25) is 9.69 Å². The number of hydrogen-bond acceptors (Lipinski definition) is 4. The van der Waals surface area contributed by atoms with E-state index in [-0.39, 0.29) is 11.9 Å². The van der Waals surface area contributed by atoms with Crippen LogP contribution >= 0.6 is 11.3 Å². The number of urea groups is 1. The summed E-state index contributed by atoms with van der Waals surface area (Å²) in [5.41, 5.74) is 2.43. The fraction of sp³-hybridized carbons (Fsp3) is 0.455. The highest BCUT2D eigenvalue weighted by atomic mass is 32.1. The number of piperazine rings is 1. The first-order valence-electron chi connectivity index (χ1n) is 10.3. The average Bonchev–Trinajstić information content (AvgIpc) is 3.47. The molecule has 2 aromatic rings. The molecule has 3 heterocycles. The Balaban J connectivity index is 1.20. The molecule has 1 N–H and O–H groups in total. The zero-order valence-electron chi connectivity index (χ0n) is 16.7. The number of likely N-dealkylation sites (tertiary alicyclic amines) is 1.